The molecule has 0 saturated carbocycles. The van der Waals surface area contributed by atoms with Gasteiger partial charge in [-0.25, -0.2) is 0 Å². The highest BCUT2D eigenvalue weighted by Crippen LogP contribution is 2.35. The Kier molecular flexibility index (Phi) is 5.76. The van der Waals surface area contributed by atoms with E-state index in [0.717, 1.165) is 22.9 Å². The van der Waals surface area contributed by atoms with Crippen LogP contribution in [0.5, 0.6) is 0 Å². The first-order valence-corrected chi connectivity index (χ1v) is 9.20. The highest BCUT2D eigenvalue weighted by atomic mass is 19.4. The normalized spacial score (nSPS) is 12.4. The number of halogens is 3. The Labute approximate surface area is 179 Å². The molecule has 0 fully saturated rings. The lowest BCUT2D eigenvalue weighted by molar-refractivity contribution is -0.137. The summed E-state index contributed by atoms with van der Waals surface area (Å²) in [4.78, 5) is 36.3. The van der Waals surface area contributed by atoms with Crippen LogP contribution in [0.4, 0.5) is 18.9 Å². The molecule has 2 aromatic carbocycles. The fraction of sp³-hybridized carbons (Fsp3) is 0.143. The molecule has 0 aliphatic rings. The number of carbonyl (C=O) groups is 2. The molecule has 2 amide bonds. The quantitative estimate of drug-likeness (QED) is 0.515. The van der Waals surface area contributed by atoms with Crippen molar-refractivity contribution in [3.05, 3.63) is 86.8 Å². The number of hydrogen-bond acceptors (Lipinski definition) is 5. The Morgan fingerprint density at radius 2 is 1.72 bits per heavy atom. The summed E-state index contributed by atoms with van der Waals surface area (Å²) in [5, 5.41) is 4.01. The summed E-state index contributed by atoms with van der Waals surface area (Å²) < 4.78 is 40.4. The monoisotopic (exact) mass is 445 g/mol. The van der Waals surface area contributed by atoms with Crippen LogP contribution < -0.4 is 22.8 Å². The highest BCUT2D eigenvalue weighted by Gasteiger charge is 2.32. The summed E-state index contributed by atoms with van der Waals surface area (Å²) in [6, 6.07) is 9.70. The summed E-state index contributed by atoms with van der Waals surface area (Å²) in [7, 11) is 0. The molecular weight excluding hydrogens is 427 g/mol. The number of nitrogen functional groups attached to an aromatic ring is 1. The van der Waals surface area contributed by atoms with Crippen LogP contribution in [0.3, 0.4) is 0 Å². The minimum Gasteiger partial charge on any atom is -0.399 e. The van der Waals surface area contributed by atoms with E-state index in [-0.39, 0.29) is 33.8 Å². The predicted molar refractivity (Wildman–Crippen MR) is 110 cm³/mol. The van der Waals surface area contributed by atoms with Gasteiger partial charge in [-0.3, -0.25) is 14.4 Å². The number of anilines is 1. The number of nitrogens with two attached hydrogens (primary N) is 3. The van der Waals surface area contributed by atoms with Gasteiger partial charge in [0.1, 0.15) is 0 Å². The summed E-state index contributed by atoms with van der Waals surface area (Å²) in [6.45, 7) is 1.50. The predicted octanol–water partition coefficient (Wildman–Crippen LogP) is 2.18. The maximum absolute atomic E-state index is 13.2. The molecule has 0 spiro atoms. The molecule has 0 radical (unpaired) electrons. The fourth-order valence-electron chi connectivity index (χ4n) is 3.24. The van der Waals surface area contributed by atoms with Crippen molar-refractivity contribution in [1.29, 1.82) is 0 Å². The third-order valence-corrected chi connectivity index (χ3v) is 4.84. The molecule has 32 heavy (non-hydrogen) atoms. The van der Waals surface area contributed by atoms with Gasteiger partial charge in [0.15, 0.2) is 5.69 Å². The number of amides is 2. The molecule has 0 bridgehead atoms. The Morgan fingerprint density at radius 3 is 2.31 bits per heavy atom. The van der Waals surface area contributed by atoms with Gasteiger partial charge < -0.3 is 17.2 Å². The molecule has 1 atom stereocenters. The van der Waals surface area contributed by atoms with E-state index in [1.807, 2.05) is 0 Å². The van der Waals surface area contributed by atoms with Crippen LogP contribution in [0.25, 0.3) is 5.69 Å². The minimum absolute atomic E-state index is 0.0310. The number of primary amides is 2. The number of carbonyl (C=O) groups excluding carboxylic acids is 2. The van der Waals surface area contributed by atoms with Crippen LogP contribution >= 0.6 is 0 Å². The van der Waals surface area contributed by atoms with Crippen molar-refractivity contribution < 1.29 is 22.8 Å². The molecule has 0 unspecified atom stereocenters. The second-order valence-corrected chi connectivity index (χ2v) is 7.08. The molecule has 11 heteroatoms. The second-order valence-electron chi connectivity index (χ2n) is 7.08. The lowest BCUT2D eigenvalue weighted by Crippen LogP contribution is -2.28. The first-order valence-electron chi connectivity index (χ1n) is 9.20. The number of alkyl halides is 3. The zero-order valence-corrected chi connectivity index (χ0v) is 16.7. The van der Waals surface area contributed by atoms with E-state index in [1.165, 1.54) is 37.3 Å². The summed E-state index contributed by atoms with van der Waals surface area (Å²) in [5.74, 6) is -2.59. The fourth-order valence-corrected chi connectivity index (χ4v) is 3.24. The van der Waals surface area contributed by atoms with E-state index in [9.17, 15) is 27.6 Å². The average Bonchev–Trinajstić information content (AvgIpc) is 2.71. The average molecular weight is 445 g/mol. The van der Waals surface area contributed by atoms with Crippen molar-refractivity contribution >= 4 is 17.5 Å². The van der Waals surface area contributed by atoms with E-state index >= 15 is 0 Å². The molecule has 8 nitrogen and oxygen atoms in total. The highest BCUT2D eigenvalue weighted by molar-refractivity contribution is 5.93. The molecule has 3 rings (SSSR count). The third-order valence-electron chi connectivity index (χ3n) is 4.84. The Hall–Kier alpha value is -4.15. The van der Waals surface area contributed by atoms with Crippen molar-refractivity contribution in [2.24, 2.45) is 11.5 Å². The molecule has 3 aromatic rings. The van der Waals surface area contributed by atoms with Gasteiger partial charge in [0.2, 0.25) is 5.91 Å². The number of nitrogens with zero attached hydrogens (tertiary/aromatic N) is 2. The van der Waals surface area contributed by atoms with Crippen LogP contribution in [0.1, 0.15) is 50.4 Å². The SMILES string of the molecule is C[C@H](c1cc(N)cc(C(F)(F)F)c1)c1cc(=O)n(-c2cccc(C(N)=O)c2)nc1C(N)=O. The first kappa shape index (κ1) is 22.5. The summed E-state index contributed by atoms with van der Waals surface area (Å²) in [6.07, 6.45) is -4.64. The minimum atomic E-state index is -4.64. The Morgan fingerprint density at radius 1 is 1.03 bits per heavy atom. The van der Waals surface area contributed by atoms with E-state index in [1.54, 1.807) is 0 Å². The van der Waals surface area contributed by atoms with Crippen molar-refractivity contribution in [2.75, 3.05) is 5.73 Å². The van der Waals surface area contributed by atoms with Gasteiger partial charge in [-0.05, 0) is 47.5 Å². The Bertz CT molecular complexity index is 1280. The topological polar surface area (TPSA) is 147 Å². The van der Waals surface area contributed by atoms with Crippen LogP contribution in [0.2, 0.25) is 0 Å². The van der Waals surface area contributed by atoms with Crippen LogP contribution in [0, 0.1) is 0 Å². The molecule has 0 aliphatic heterocycles. The lowest BCUT2D eigenvalue weighted by Gasteiger charge is -2.18. The molecule has 1 heterocycles. The summed E-state index contributed by atoms with van der Waals surface area (Å²) >= 11 is 0. The maximum atomic E-state index is 13.2. The number of hydrogen-bond donors (Lipinski definition) is 3. The van der Waals surface area contributed by atoms with Crippen molar-refractivity contribution in [1.82, 2.24) is 9.78 Å². The number of aromatic nitrogens is 2. The van der Waals surface area contributed by atoms with Crippen LogP contribution in [0.15, 0.2) is 53.3 Å². The second kappa shape index (κ2) is 8.17. The van der Waals surface area contributed by atoms with Gasteiger partial charge in [0, 0.05) is 23.2 Å². The number of benzene rings is 2. The Balaban J connectivity index is 2.17. The number of rotatable bonds is 5. The van der Waals surface area contributed by atoms with Gasteiger partial charge in [0.05, 0.1) is 11.3 Å². The van der Waals surface area contributed by atoms with E-state index in [0.29, 0.717) is 0 Å². The van der Waals surface area contributed by atoms with E-state index in [2.05, 4.69) is 5.10 Å². The molecule has 0 saturated heterocycles. The van der Waals surface area contributed by atoms with Crippen molar-refractivity contribution in [3.8, 4) is 5.69 Å². The standard InChI is InChI=1S/C21H18F3N5O3/c1-10(12-5-13(21(22,23)24)8-14(25)6-12)16-9-17(30)29(28-18(16)20(27)32)15-4-2-3-11(7-15)19(26)31/h2-10H,25H2,1H3,(H2,26,31)(H2,27,32)/t10-/m1/s1. The third kappa shape index (κ3) is 4.46. The van der Waals surface area contributed by atoms with E-state index < -0.39 is 35.0 Å². The van der Waals surface area contributed by atoms with Gasteiger partial charge in [-0.15, -0.1) is 0 Å². The maximum Gasteiger partial charge on any atom is 0.416 e. The van der Waals surface area contributed by atoms with Crippen LogP contribution in [-0.4, -0.2) is 21.6 Å². The smallest absolute Gasteiger partial charge is 0.399 e. The zero-order chi connectivity index (χ0) is 23.8. The first-order chi connectivity index (χ1) is 14.9. The molecule has 1 aromatic heterocycles. The van der Waals surface area contributed by atoms with Crippen molar-refractivity contribution in [2.45, 2.75) is 19.0 Å². The largest absolute Gasteiger partial charge is 0.416 e. The molecule has 6 N–H and O–H groups in total. The lowest BCUT2D eigenvalue weighted by atomic mass is 9.90. The van der Waals surface area contributed by atoms with Gasteiger partial charge >= 0.3 is 6.18 Å². The zero-order valence-electron chi connectivity index (χ0n) is 16.7. The molecule has 166 valence electrons. The molecule has 0 aliphatic carbocycles. The van der Waals surface area contributed by atoms with Gasteiger partial charge in [0.25, 0.3) is 11.5 Å². The summed E-state index contributed by atoms with van der Waals surface area (Å²) in [5.41, 5.74) is 14.6. The van der Waals surface area contributed by atoms with E-state index in [4.69, 9.17) is 17.2 Å². The van der Waals surface area contributed by atoms with Crippen molar-refractivity contribution in [3.63, 3.8) is 0 Å². The van der Waals surface area contributed by atoms with Gasteiger partial charge in [-0.2, -0.15) is 23.0 Å². The van der Waals surface area contributed by atoms with Gasteiger partial charge in [-0.1, -0.05) is 13.0 Å². The van der Waals surface area contributed by atoms with Crippen LogP contribution in [-0.2, 0) is 6.18 Å². The molecular formula is C21H18F3N5O3.